The van der Waals surface area contributed by atoms with E-state index < -0.39 is 5.97 Å². The lowest BCUT2D eigenvalue weighted by atomic mass is 10.2. The smallest absolute Gasteiger partial charge is 0.323 e. The fourth-order valence-corrected chi connectivity index (χ4v) is 2.44. The van der Waals surface area contributed by atoms with Gasteiger partial charge in [0.25, 0.3) is 0 Å². The van der Waals surface area contributed by atoms with Crippen molar-refractivity contribution >= 4 is 34.6 Å². The molecule has 0 saturated heterocycles. The lowest BCUT2D eigenvalue weighted by Gasteiger charge is -2.22. The van der Waals surface area contributed by atoms with Gasteiger partial charge in [-0.15, -0.1) is 0 Å². The number of carbonyl (C=O) groups is 1. The van der Waals surface area contributed by atoms with E-state index in [-0.39, 0.29) is 6.54 Å². The predicted octanol–water partition coefficient (Wildman–Crippen LogP) is 3.49. The second-order valence-corrected chi connectivity index (χ2v) is 5.07. The van der Waals surface area contributed by atoms with Crippen molar-refractivity contribution in [1.82, 2.24) is 0 Å². The molecule has 0 spiro atoms. The first-order valence-corrected chi connectivity index (χ1v) is 6.70. The van der Waals surface area contributed by atoms with Gasteiger partial charge < -0.3 is 10.0 Å². The van der Waals surface area contributed by atoms with Crippen molar-refractivity contribution in [3.8, 4) is 0 Å². The molecule has 0 fully saturated rings. The van der Waals surface area contributed by atoms with Crippen LogP contribution in [0.15, 0.2) is 41.1 Å². The molecule has 94 valence electrons. The zero-order chi connectivity index (χ0) is 13.0. The van der Waals surface area contributed by atoms with E-state index in [1.807, 2.05) is 29.0 Å². The van der Waals surface area contributed by atoms with E-state index in [9.17, 15) is 4.79 Å². The summed E-state index contributed by atoms with van der Waals surface area (Å²) in [6.45, 7) is 0.551. The van der Waals surface area contributed by atoms with Crippen LogP contribution in [0.4, 0.5) is 5.69 Å². The largest absolute Gasteiger partial charge is 0.480 e. The second-order valence-electron chi connectivity index (χ2n) is 3.86. The average molecular weight is 282 g/mol. The molecule has 0 amide bonds. The van der Waals surface area contributed by atoms with Crippen molar-refractivity contribution in [3.05, 3.63) is 51.7 Å². The lowest BCUT2D eigenvalue weighted by Crippen LogP contribution is -2.28. The van der Waals surface area contributed by atoms with Gasteiger partial charge in [0.05, 0.1) is 0 Å². The van der Waals surface area contributed by atoms with Gasteiger partial charge in [0, 0.05) is 17.3 Å². The summed E-state index contributed by atoms with van der Waals surface area (Å²) in [6, 6.07) is 9.18. The molecule has 18 heavy (non-hydrogen) atoms. The van der Waals surface area contributed by atoms with Crippen molar-refractivity contribution in [1.29, 1.82) is 0 Å². The zero-order valence-electron chi connectivity index (χ0n) is 9.54. The summed E-state index contributed by atoms with van der Waals surface area (Å²) in [4.78, 5) is 12.7. The number of hydrogen-bond acceptors (Lipinski definition) is 3. The maximum Gasteiger partial charge on any atom is 0.323 e. The van der Waals surface area contributed by atoms with Crippen molar-refractivity contribution in [2.24, 2.45) is 0 Å². The van der Waals surface area contributed by atoms with Gasteiger partial charge in [0.2, 0.25) is 0 Å². The fraction of sp³-hybridized carbons (Fsp3) is 0.154. The molecule has 0 aliphatic rings. The number of anilines is 1. The molecule has 0 radical (unpaired) electrons. The molecular formula is C13H12ClNO2S. The van der Waals surface area contributed by atoms with E-state index in [1.165, 1.54) is 0 Å². The number of thiophene rings is 1. The van der Waals surface area contributed by atoms with E-state index >= 15 is 0 Å². The Bertz CT molecular complexity index is 510. The topological polar surface area (TPSA) is 40.5 Å². The standard InChI is InChI=1S/C13H12ClNO2S/c14-11-1-3-12(4-2-11)15(8-13(16)17)7-10-5-6-18-9-10/h1-6,9H,7-8H2,(H,16,17). The highest BCUT2D eigenvalue weighted by molar-refractivity contribution is 7.07. The van der Waals surface area contributed by atoms with Crippen molar-refractivity contribution < 1.29 is 9.90 Å². The van der Waals surface area contributed by atoms with Crippen LogP contribution < -0.4 is 4.90 Å². The van der Waals surface area contributed by atoms with Crippen LogP contribution in [-0.2, 0) is 11.3 Å². The second kappa shape index (κ2) is 5.89. The molecule has 1 aromatic heterocycles. The number of nitrogens with zero attached hydrogens (tertiary/aromatic N) is 1. The highest BCUT2D eigenvalue weighted by Gasteiger charge is 2.11. The minimum absolute atomic E-state index is 0.0303. The van der Waals surface area contributed by atoms with Gasteiger partial charge in [-0.3, -0.25) is 4.79 Å². The number of rotatable bonds is 5. The van der Waals surface area contributed by atoms with Crippen LogP contribution in [0.25, 0.3) is 0 Å². The van der Waals surface area contributed by atoms with Gasteiger partial charge in [-0.05, 0) is 46.7 Å². The van der Waals surface area contributed by atoms with Gasteiger partial charge in [0.15, 0.2) is 0 Å². The van der Waals surface area contributed by atoms with Crippen LogP contribution in [-0.4, -0.2) is 17.6 Å². The minimum atomic E-state index is -0.847. The summed E-state index contributed by atoms with van der Waals surface area (Å²) >= 11 is 7.43. The Morgan fingerprint density at radius 2 is 2.00 bits per heavy atom. The Labute approximate surface area is 114 Å². The fourth-order valence-electron chi connectivity index (χ4n) is 1.66. The van der Waals surface area contributed by atoms with Gasteiger partial charge in [-0.2, -0.15) is 11.3 Å². The minimum Gasteiger partial charge on any atom is -0.480 e. The molecule has 3 nitrogen and oxygen atoms in total. The summed E-state index contributed by atoms with van der Waals surface area (Å²) in [5.74, 6) is -0.847. The summed E-state index contributed by atoms with van der Waals surface area (Å²) in [7, 11) is 0. The van der Waals surface area contributed by atoms with E-state index in [0.29, 0.717) is 11.6 Å². The molecule has 0 unspecified atom stereocenters. The highest BCUT2D eigenvalue weighted by Crippen LogP contribution is 2.20. The van der Waals surface area contributed by atoms with E-state index in [2.05, 4.69) is 0 Å². The third-order valence-corrected chi connectivity index (χ3v) is 3.46. The summed E-state index contributed by atoms with van der Waals surface area (Å²) in [5, 5.41) is 13.6. The first kappa shape index (κ1) is 12.9. The van der Waals surface area contributed by atoms with Gasteiger partial charge in [-0.1, -0.05) is 11.6 Å². The van der Waals surface area contributed by atoms with E-state index in [1.54, 1.807) is 28.4 Å². The highest BCUT2D eigenvalue weighted by atomic mass is 35.5. The maximum atomic E-state index is 10.9. The normalized spacial score (nSPS) is 10.3. The summed E-state index contributed by atoms with van der Waals surface area (Å²) in [6.07, 6.45) is 0. The molecule has 5 heteroatoms. The Kier molecular flexibility index (Phi) is 4.23. The molecule has 1 aromatic carbocycles. The number of carboxylic acid groups (broad SMARTS) is 1. The monoisotopic (exact) mass is 281 g/mol. The first-order valence-electron chi connectivity index (χ1n) is 5.38. The van der Waals surface area contributed by atoms with Crippen LogP contribution in [0.5, 0.6) is 0 Å². The van der Waals surface area contributed by atoms with Gasteiger partial charge >= 0.3 is 5.97 Å². The quantitative estimate of drug-likeness (QED) is 0.912. The number of aliphatic carboxylic acids is 1. The number of carboxylic acids is 1. The molecule has 0 aliphatic heterocycles. The molecule has 0 bridgehead atoms. The number of halogens is 1. The Morgan fingerprint density at radius 1 is 1.28 bits per heavy atom. The van der Waals surface area contributed by atoms with Crippen molar-refractivity contribution in [2.45, 2.75) is 6.54 Å². The Hall–Kier alpha value is -1.52. The maximum absolute atomic E-state index is 10.9. The van der Waals surface area contributed by atoms with Crippen LogP contribution in [0, 0.1) is 0 Å². The third-order valence-electron chi connectivity index (χ3n) is 2.47. The lowest BCUT2D eigenvalue weighted by molar-refractivity contribution is -0.135. The zero-order valence-corrected chi connectivity index (χ0v) is 11.1. The van der Waals surface area contributed by atoms with Gasteiger partial charge in [0.1, 0.15) is 6.54 Å². The molecule has 0 saturated carbocycles. The average Bonchev–Trinajstić information content (AvgIpc) is 2.81. The Morgan fingerprint density at radius 3 is 2.56 bits per heavy atom. The first-order chi connectivity index (χ1) is 8.65. The van der Waals surface area contributed by atoms with Gasteiger partial charge in [-0.25, -0.2) is 0 Å². The summed E-state index contributed by atoms with van der Waals surface area (Å²) in [5.41, 5.74) is 1.96. The molecular weight excluding hydrogens is 270 g/mol. The Balaban J connectivity index is 2.19. The van der Waals surface area contributed by atoms with E-state index in [4.69, 9.17) is 16.7 Å². The molecule has 1 heterocycles. The van der Waals surface area contributed by atoms with Crippen LogP contribution in [0.2, 0.25) is 5.02 Å². The third kappa shape index (κ3) is 3.48. The molecule has 1 N–H and O–H groups in total. The molecule has 0 atom stereocenters. The summed E-state index contributed by atoms with van der Waals surface area (Å²) < 4.78 is 0. The molecule has 0 aliphatic carbocycles. The predicted molar refractivity (Wildman–Crippen MR) is 74.5 cm³/mol. The van der Waals surface area contributed by atoms with Crippen molar-refractivity contribution in [2.75, 3.05) is 11.4 Å². The van der Waals surface area contributed by atoms with Crippen LogP contribution >= 0.6 is 22.9 Å². The van der Waals surface area contributed by atoms with E-state index in [0.717, 1.165) is 11.3 Å². The molecule has 2 rings (SSSR count). The number of hydrogen-bond donors (Lipinski definition) is 1. The van der Waals surface area contributed by atoms with Crippen LogP contribution in [0.3, 0.4) is 0 Å². The SMILES string of the molecule is O=C(O)CN(Cc1ccsc1)c1ccc(Cl)cc1. The van der Waals surface area contributed by atoms with Crippen LogP contribution in [0.1, 0.15) is 5.56 Å². The molecule has 2 aromatic rings. The van der Waals surface area contributed by atoms with Crippen molar-refractivity contribution in [3.63, 3.8) is 0 Å². The number of benzene rings is 1.